The molecule has 1 aromatic rings. The zero-order valence-corrected chi connectivity index (χ0v) is 11.3. The Hall–Kier alpha value is -1.67. The van der Waals surface area contributed by atoms with Gasteiger partial charge in [-0.3, -0.25) is 10.1 Å². The number of hydrogen-bond donors (Lipinski definition) is 2. The summed E-state index contributed by atoms with van der Waals surface area (Å²) in [4.78, 5) is 21.8. The Bertz CT molecular complexity index is 528. The van der Waals surface area contributed by atoms with Crippen molar-refractivity contribution in [3.63, 3.8) is 0 Å². The van der Waals surface area contributed by atoms with Crippen LogP contribution in [0.5, 0.6) is 0 Å². The van der Waals surface area contributed by atoms with Crippen molar-refractivity contribution in [2.75, 3.05) is 18.5 Å². The number of carboxylic acids is 1. The lowest BCUT2D eigenvalue weighted by Crippen LogP contribution is -2.47. The van der Waals surface area contributed by atoms with Gasteiger partial charge in [-0.1, -0.05) is 15.9 Å². The number of benzene rings is 1. The fourth-order valence-electron chi connectivity index (χ4n) is 1.91. The van der Waals surface area contributed by atoms with Crippen LogP contribution in [-0.2, 0) is 9.53 Å². The van der Waals surface area contributed by atoms with E-state index in [1.165, 1.54) is 18.2 Å². The van der Waals surface area contributed by atoms with Crippen molar-refractivity contribution < 1.29 is 19.6 Å². The SMILES string of the molecule is O=C(O)C1(Nc2cc(Br)ccc2[N+](=O)[O-])CCOC1. The molecule has 0 spiro atoms. The highest BCUT2D eigenvalue weighted by Crippen LogP contribution is 2.33. The first-order chi connectivity index (χ1) is 8.94. The molecular weight excluding hydrogens is 320 g/mol. The number of nitro groups is 1. The van der Waals surface area contributed by atoms with Crippen LogP contribution in [0.15, 0.2) is 22.7 Å². The quantitative estimate of drug-likeness (QED) is 0.646. The predicted octanol–water partition coefficient (Wildman–Crippen LogP) is 2.01. The maximum atomic E-state index is 11.4. The fourth-order valence-corrected chi connectivity index (χ4v) is 2.27. The number of anilines is 1. The summed E-state index contributed by atoms with van der Waals surface area (Å²) in [5, 5.41) is 23.0. The fraction of sp³-hybridized carbons (Fsp3) is 0.364. The molecule has 1 saturated heterocycles. The molecule has 102 valence electrons. The molecule has 1 heterocycles. The van der Waals surface area contributed by atoms with Gasteiger partial charge in [0.2, 0.25) is 0 Å². The Morgan fingerprint density at radius 2 is 2.32 bits per heavy atom. The van der Waals surface area contributed by atoms with Crippen molar-refractivity contribution in [3.05, 3.63) is 32.8 Å². The molecule has 0 aliphatic carbocycles. The van der Waals surface area contributed by atoms with Gasteiger partial charge >= 0.3 is 5.97 Å². The lowest BCUT2D eigenvalue weighted by atomic mass is 9.98. The van der Waals surface area contributed by atoms with Crippen LogP contribution in [0.3, 0.4) is 0 Å². The van der Waals surface area contributed by atoms with Crippen LogP contribution < -0.4 is 5.32 Å². The molecule has 7 nitrogen and oxygen atoms in total. The normalized spacial score (nSPS) is 22.2. The first-order valence-electron chi connectivity index (χ1n) is 5.48. The number of carbonyl (C=O) groups is 1. The number of rotatable bonds is 4. The highest BCUT2D eigenvalue weighted by atomic mass is 79.9. The standard InChI is InChI=1S/C11H11BrN2O5/c12-7-1-2-9(14(17)18)8(5-7)13-11(10(15)16)3-4-19-6-11/h1-2,5,13H,3-4,6H2,(H,15,16). The Morgan fingerprint density at radius 1 is 1.58 bits per heavy atom. The maximum absolute atomic E-state index is 11.4. The summed E-state index contributed by atoms with van der Waals surface area (Å²) in [5.41, 5.74) is -1.33. The van der Waals surface area contributed by atoms with Crippen LogP contribution in [-0.4, -0.2) is 34.8 Å². The van der Waals surface area contributed by atoms with E-state index in [0.717, 1.165) is 0 Å². The van der Waals surface area contributed by atoms with Crippen molar-refractivity contribution in [1.82, 2.24) is 0 Å². The van der Waals surface area contributed by atoms with E-state index in [1.54, 1.807) is 0 Å². The first-order valence-corrected chi connectivity index (χ1v) is 6.27. The van der Waals surface area contributed by atoms with E-state index in [2.05, 4.69) is 21.2 Å². The average molecular weight is 331 g/mol. The molecule has 19 heavy (non-hydrogen) atoms. The second-order valence-electron chi connectivity index (χ2n) is 4.23. The van der Waals surface area contributed by atoms with Gasteiger partial charge in [-0.05, 0) is 12.1 Å². The third-order valence-corrected chi connectivity index (χ3v) is 3.45. The van der Waals surface area contributed by atoms with Crippen molar-refractivity contribution >= 4 is 33.3 Å². The summed E-state index contributed by atoms with van der Waals surface area (Å²) in [7, 11) is 0. The Labute approximate surface area is 116 Å². The van der Waals surface area contributed by atoms with Crippen molar-refractivity contribution in [2.24, 2.45) is 0 Å². The van der Waals surface area contributed by atoms with E-state index >= 15 is 0 Å². The van der Waals surface area contributed by atoms with Gasteiger partial charge in [-0.2, -0.15) is 0 Å². The largest absolute Gasteiger partial charge is 0.479 e. The molecule has 1 aliphatic heterocycles. The number of ether oxygens (including phenoxy) is 1. The second-order valence-corrected chi connectivity index (χ2v) is 5.15. The van der Waals surface area contributed by atoms with Gasteiger partial charge in [0.15, 0.2) is 5.54 Å². The Balaban J connectivity index is 2.39. The molecule has 1 aromatic carbocycles. The summed E-state index contributed by atoms with van der Waals surface area (Å²) >= 11 is 3.21. The molecule has 1 fully saturated rings. The van der Waals surface area contributed by atoms with Crippen LogP contribution in [0.2, 0.25) is 0 Å². The minimum Gasteiger partial charge on any atom is -0.479 e. The van der Waals surface area contributed by atoms with Gasteiger partial charge in [-0.15, -0.1) is 0 Å². The van der Waals surface area contributed by atoms with Crippen LogP contribution in [0.4, 0.5) is 11.4 Å². The van der Waals surface area contributed by atoms with Crippen LogP contribution in [0.1, 0.15) is 6.42 Å². The third kappa shape index (κ3) is 2.69. The van der Waals surface area contributed by atoms with E-state index in [1.807, 2.05) is 0 Å². The molecule has 0 radical (unpaired) electrons. The number of nitro benzene ring substituents is 1. The number of halogens is 1. The summed E-state index contributed by atoms with van der Waals surface area (Å²) in [6.45, 7) is 0.285. The van der Waals surface area contributed by atoms with E-state index in [4.69, 9.17) is 4.74 Å². The summed E-state index contributed by atoms with van der Waals surface area (Å²) < 4.78 is 5.72. The molecule has 8 heteroatoms. The monoisotopic (exact) mass is 330 g/mol. The average Bonchev–Trinajstić information content (AvgIpc) is 2.78. The van der Waals surface area contributed by atoms with Crippen LogP contribution >= 0.6 is 15.9 Å². The molecule has 2 rings (SSSR count). The molecular formula is C11H11BrN2O5. The molecule has 2 N–H and O–H groups in total. The highest BCUT2D eigenvalue weighted by Gasteiger charge is 2.43. The molecule has 1 atom stereocenters. The highest BCUT2D eigenvalue weighted by molar-refractivity contribution is 9.10. The molecule has 0 amide bonds. The maximum Gasteiger partial charge on any atom is 0.331 e. The number of carboxylic acid groups (broad SMARTS) is 1. The third-order valence-electron chi connectivity index (χ3n) is 2.96. The molecule has 0 bridgehead atoms. The van der Waals surface area contributed by atoms with Crippen LogP contribution in [0.25, 0.3) is 0 Å². The Morgan fingerprint density at radius 3 is 2.84 bits per heavy atom. The lowest BCUT2D eigenvalue weighted by molar-refractivity contribution is -0.384. The first kappa shape index (κ1) is 13.8. The predicted molar refractivity (Wildman–Crippen MR) is 70.2 cm³/mol. The lowest BCUT2D eigenvalue weighted by Gasteiger charge is -2.24. The van der Waals surface area contributed by atoms with Gasteiger partial charge in [0.25, 0.3) is 5.69 Å². The number of nitrogens with zero attached hydrogens (tertiary/aromatic N) is 1. The van der Waals surface area contributed by atoms with Gasteiger partial charge in [0, 0.05) is 23.6 Å². The number of nitrogens with one attached hydrogen (secondary N) is 1. The van der Waals surface area contributed by atoms with E-state index in [9.17, 15) is 20.0 Å². The Kier molecular flexibility index (Phi) is 3.72. The summed E-state index contributed by atoms with van der Waals surface area (Å²) in [5.74, 6) is -1.08. The van der Waals surface area contributed by atoms with Gasteiger partial charge in [-0.25, -0.2) is 4.79 Å². The van der Waals surface area contributed by atoms with Crippen molar-refractivity contribution in [1.29, 1.82) is 0 Å². The topological polar surface area (TPSA) is 102 Å². The van der Waals surface area contributed by atoms with Gasteiger partial charge < -0.3 is 15.2 Å². The zero-order valence-electron chi connectivity index (χ0n) is 9.76. The summed E-state index contributed by atoms with van der Waals surface area (Å²) in [6, 6.07) is 4.33. The molecule has 1 aliphatic rings. The zero-order chi connectivity index (χ0) is 14.0. The summed E-state index contributed by atoms with van der Waals surface area (Å²) in [6.07, 6.45) is 0.256. The number of hydrogen-bond acceptors (Lipinski definition) is 5. The molecule has 1 unspecified atom stereocenters. The number of aliphatic carboxylic acids is 1. The van der Waals surface area contributed by atoms with E-state index in [-0.39, 0.29) is 24.4 Å². The minimum atomic E-state index is -1.31. The molecule has 0 saturated carbocycles. The van der Waals surface area contributed by atoms with Crippen molar-refractivity contribution in [3.8, 4) is 0 Å². The molecule has 0 aromatic heterocycles. The second kappa shape index (κ2) is 5.14. The smallest absolute Gasteiger partial charge is 0.331 e. The van der Waals surface area contributed by atoms with E-state index in [0.29, 0.717) is 11.1 Å². The minimum absolute atomic E-state index is 0.0218. The van der Waals surface area contributed by atoms with Crippen LogP contribution in [0, 0.1) is 10.1 Å². The van der Waals surface area contributed by atoms with Gasteiger partial charge in [0.05, 0.1) is 11.5 Å². The van der Waals surface area contributed by atoms with E-state index < -0.39 is 16.4 Å². The van der Waals surface area contributed by atoms with Gasteiger partial charge in [0.1, 0.15) is 5.69 Å². The van der Waals surface area contributed by atoms with Crippen molar-refractivity contribution in [2.45, 2.75) is 12.0 Å².